The third kappa shape index (κ3) is 6.40. The summed E-state index contributed by atoms with van der Waals surface area (Å²) >= 11 is 0. The van der Waals surface area contributed by atoms with Gasteiger partial charge in [-0.25, -0.2) is 4.79 Å². The second-order valence-electron chi connectivity index (χ2n) is 5.66. The van der Waals surface area contributed by atoms with Gasteiger partial charge in [0, 0.05) is 0 Å². The quantitative estimate of drug-likeness (QED) is 0.678. The lowest BCUT2D eigenvalue weighted by Gasteiger charge is -2.19. The lowest BCUT2D eigenvalue weighted by Crippen LogP contribution is -2.49. The van der Waals surface area contributed by atoms with Crippen LogP contribution in [0.15, 0.2) is 30.3 Å². The Labute approximate surface area is 125 Å². The van der Waals surface area contributed by atoms with E-state index in [0.717, 1.165) is 5.56 Å². The van der Waals surface area contributed by atoms with Crippen LogP contribution >= 0.6 is 0 Å². The summed E-state index contributed by atoms with van der Waals surface area (Å²) in [5, 5.41) is 11.6. The van der Waals surface area contributed by atoms with E-state index in [1.54, 1.807) is 0 Å². The van der Waals surface area contributed by atoms with Crippen LogP contribution in [0.4, 0.5) is 0 Å². The molecular weight excluding hydrogens is 268 g/mol. The lowest BCUT2D eigenvalue weighted by molar-refractivity contribution is -0.142. The largest absolute Gasteiger partial charge is 0.480 e. The zero-order valence-electron chi connectivity index (χ0n) is 12.6. The molecule has 0 saturated heterocycles. The summed E-state index contributed by atoms with van der Waals surface area (Å²) in [5.74, 6) is -1.24. The molecule has 0 aliphatic carbocycles. The van der Waals surface area contributed by atoms with Gasteiger partial charge in [-0.3, -0.25) is 4.79 Å². The van der Waals surface area contributed by atoms with E-state index in [4.69, 9.17) is 10.8 Å². The molecular formula is C16H24N2O3. The van der Waals surface area contributed by atoms with Gasteiger partial charge in [-0.05, 0) is 30.7 Å². The Morgan fingerprint density at radius 1 is 1.24 bits per heavy atom. The van der Waals surface area contributed by atoms with Crippen LogP contribution in [0.2, 0.25) is 0 Å². The van der Waals surface area contributed by atoms with Gasteiger partial charge in [-0.15, -0.1) is 0 Å². The highest BCUT2D eigenvalue weighted by Gasteiger charge is 2.23. The van der Waals surface area contributed by atoms with Crippen molar-refractivity contribution in [3.05, 3.63) is 35.9 Å². The molecule has 0 heterocycles. The Bertz CT molecular complexity index is 460. The molecule has 1 amide bonds. The van der Waals surface area contributed by atoms with Gasteiger partial charge >= 0.3 is 5.97 Å². The van der Waals surface area contributed by atoms with Crippen molar-refractivity contribution in [1.82, 2.24) is 5.32 Å². The summed E-state index contributed by atoms with van der Waals surface area (Å²) in [5.41, 5.74) is 6.95. The maximum Gasteiger partial charge on any atom is 0.326 e. The van der Waals surface area contributed by atoms with E-state index in [2.05, 4.69) is 5.32 Å². The Balaban J connectivity index is 2.47. The first kappa shape index (κ1) is 17.2. The zero-order chi connectivity index (χ0) is 15.8. The molecule has 5 nitrogen and oxygen atoms in total. The molecule has 0 aromatic heterocycles. The fraction of sp³-hybridized carbons (Fsp3) is 0.500. The first-order valence-electron chi connectivity index (χ1n) is 7.22. The molecule has 116 valence electrons. The summed E-state index contributed by atoms with van der Waals surface area (Å²) in [6, 6.07) is 8.18. The SMILES string of the molecule is CC(C)CC(NC(=O)C(N)CCc1ccccc1)C(=O)O. The number of nitrogens with two attached hydrogens (primary N) is 1. The molecule has 1 rings (SSSR count). The summed E-state index contributed by atoms with van der Waals surface area (Å²) in [6.07, 6.45) is 1.58. The van der Waals surface area contributed by atoms with Gasteiger partial charge in [-0.1, -0.05) is 44.2 Å². The van der Waals surface area contributed by atoms with E-state index in [-0.39, 0.29) is 5.92 Å². The van der Waals surface area contributed by atoms with E-state index in [9.17, 15) is 9.59 Å². The van der Waals surface area contributed by atoms with Crippen molar-refractivity contribution in [1.29, 1.82) is 0 Å². The van der Waals surface area contributed by atoms with Gasteiger partial charge < -0.3 is 16.2 Å². The number of amides is 1. The van der Waals surface area contributed by atoms with Crippen LogP contribution in [0.3, 0.4) is 0 Å². The molecule has 2 atom stereocenters. The smallest absolute Gasteiger partial charge is 0.326 e. The number of carboxylic acid groups (broad SMARTS) is 1. The molecule has 0 aliphatic heterocycles. The molecule has 1 aromatic rings. The van der Waals surface area contributed by atoms with Crippen molar-refractivity contribution >= 4 is 11.9 Å². The number of hydrogen-bond donors (Lipinski definition) is 3. The number of nitrogens with one attached hydrogen (secondary N) is 1. The molecule has 0 bridgehead atoms. The molecule has 0 spiro atoms. The fourth-order valence-corrected chi connectivity index (χ4v) is 2.07. The van der Waals surface area contributed by atoms with E-state index in [0.29, 0.717) is 19.3 Å². The van der Waals surface area contributed by atoms with Gasteiger partial charge in [0.15, 0.2) is 0 Å². The maximum absolute atomic E-state index is 12.0. The second-order valence-corrected chi connectivity index (χ2v) is 5.66. The molecule has 0 aliphatic rings. The van der Waals surface area contributed by atoms with Crippen LogP contribution in [0.25, 0.3) is 0 Å². The van der Waals surface area contributed by atoms with Crippen LogP contribution in [0, 0.1) is 5.92 Å². The maximum atomic E-state index is 12.0. The fourth-order valence-electron chi connectivity index (χ4n) is 2.07. The van der Waals surface area contributed by atoms with Crippen LogP contribution in [-0.4, -0.2) is 29.1 Å². The Hall–Kier alpha value is -1.88. The minimum Gasteiger partial charge on any atom is -0.480 e. The van der Waals surface area contributed by atoms with Gasteiger partial charge in [0.2, 0.25) is 5.91 Å². The predicted octanol–water partition coefficient (Wildman–Crippen LogP) is 1.56. The van der Waals surface area contributed by atoms with E-state index >= 15 is 0 Å². The number of rotatable bonds is 8. The first-order valence-corrected chi connectivity index (χ1v) is 7.22. The van der Waals surface area contributed by atoms with Crippen molar-refractivity contribution in [2.24, 2.45) is 11.7 Å². The molecule has 0 saturated carbocycles. The number of aliphatic carboxylic acids is 1. The molecule has 21 heavy (non-hydrogen) atoms. The average molecular weight is 292 g/mol. The standard InChI is InChI=1S/C16H24N2O3/c1-11(2)10-14(16(20)21)18-15(19)13(17)9-8-12-6-4-3-5-7-12/h3-7,11,13-14H,8-10,17H2,1-2H3,(H,18,19)(H,20,21). The van der Waals surface area contributed by atoms with Crippen molar-refractivity contribution in [3.8, 4) is 0 Å². The zero-order valence-corrected chi connectivity index (χ0v) is 12.6. The summed E-state index contributed by atoms with van der Waals surface area (Å²) in [7, 11) is 0. The second kappa shape index (κ2) is 8.42. The number of carbonyl (C=O) groups is 2. The molecule has 5 heteroatoms. The number of carbonyl (C=O) groups excluding carboxylic acids is 1. The number of benzene rings is 1. The van der Waals surface area contributed by atoms with E-state index in [1.165, 1.54) is 0 Å². The van der Waals surface area contributed by atoms with E-state index < -0.39 is 24.0 Å². The Kier molecular flexibility index (Phi) is 6.88. The summed E-state index contributed by atoms with van der Waals surface area (Å²) in [6.45, 7) is 3.83. The van der Waals surface area contributed by atoms with Gasteiger partial charge in [0.1, 0.15) is 6.04 Å². The third-order valence-electron chi connectivity index (χ3n) is 3.25. The molecule has 0 radical (unpaired) electrons. The van der Waals surface area contributed by atoms with Gasteiger partial charge in [0.25, 0.3) is 0 Å². The molecule has 4 N–H and O–H groups in total. The topological polar surface area (TPSA) is 92.4 Å². The Morgan fingerprint density at radius 3 is 2.38 bits per heavy atom. The highest BCUT2D eigenvalue weighted by Crippen LogP contribution is 2.07. The molecule has 0 fully saturated rings. The minimum atomic E-state index is -1.02. The number of carboxylic acids is 1. The Morgan fingerprint density at radius 2 is 1.86 bits per heavy atom. The normalized spacial score (nSPS) is 13.7. The number of hydrogen-bond acceptors (Lipinski definition) is 3. The monoisotopic (exact) mass is 292 g/mol. The van der Waals surface area contributed by atoms with Crippen molar-refractivity contribution in [2.45, 2.75) is 45.2 Å². The average Bonchev–Trinajstić information content (AvgIpc) is 2.44. The van der Waals surface area contributed by atoms with Crippen LogP contribution in [0.5, 0.6) is 0 Å². The first-order chi connectivity index (χ1) is 9.90. The van der Waals surface area contributed by atoms with Gasteiger partial charge in [-0.2, -0.15) is 0 Å². The highest BCUT2D eigenvalue weighted by molar-refractivity contribution is 5.86. The summed E-state index contributed by atoms with van der Waals surface area (Å²) < 4.78 is 0. The molecule has 2 unspecified atom stereocenters. The van der Waals surface area contributed by atoms with Crippen molar-refractivity contribution in [3.63, 3.8) is 0 Å². The summed E-state index contributed by atoms with van der Waals surface area (Å²) in [4.78, 5) is 23.1. The lowest BCUT2D eigenvalue weighted by atomic mass is 10.0. The highest BCUT2D eigenvalue weighted by atomic mass is 16.4. The van der Waals surface area contributed by atoms with Crippen LogP contribution in [0.1, 0.15) is 32.3 Å². The minimum absolute atomic E-state index is 0.187. The third-order valence-corrected chi connectivity index (χ3v) is 3.25. The van der Waals surface area contributed by atoms with E-state index in [1.807, 2.05) is 44.2 Å². The van der Waals surface area contributed by atoms with Crippen molar-refractivity contribution < 1.29 is 14.7 Å². The number of aryl methyl sites for hydroxylation is 1. The molecule has 1 aromatic carbocycles. The van der Waals surface area contributed by atoms with Crippen LogP contribution in [-0.2, 0) is 16.0 Å². The van der Waals surface area contributed by atoms with Crippen molar-refractivity contribution in [2.75, 3.05) is 0 Å². The van der Waals surface area contributed by atoms with Crippen LogP contribution < -0.4 is 11.1 Å². The van der Waals surface area contributed by atoms with Gasteiger partial charge in [0.05, 0.1) is 6.04 Å². The predicted molar refractivity (Wildman–Crippen MR) is 81.8 cm³/mol.